The van der Waals surface area contributed by atoms with Crippen LogP contribution in [0.25, 0.3) is 11.0 Å². The summed E-state index contributed by atoms with van der Waals surface area (Å²) in [7, 11) is 3.10. The molecule has 210 valence electrons. The van der Waals surface area contributed by atoms with Gasteiger partial charge in [-0.2, -0.15) is 0 Å². The van der Waals surface area contributed by atoms with Crippen LogP contribution in [-0.4, -0.2) is 46.6 Å². The molecule has 9 heteroatoms. The van der Waals surface area contributed by atoms with Crippen LogP contribution in [0.2, 0.25) is 0 Å². The predicted octanol–water partition coefficient (Wildman–Crippen LogP) is 5.06. The monoisotopic (exact) mass is 543 g/mol. The minimum atomic E-state index is -1.08. The van der Waals surface area contributed by atoms with Crippen molar-refractivity contribution in [1.82, 2.24) is 20.3 Å². The molecule has 0 aliphatic heterocycles. The fraction of sp³-hybridized carbons (Fsp3) is 0.355. The number of ether oxygens (including phenoxy) is 2. The van der Waals surface area contributed by atoms with Crippen LogP contribution < -0.4 is 19.7 Å². The molecule has 40 heavy (non-hydrogen) atoms. The van der Waals surface area contributed by atoms with E-state index in [0.717, 1.165) is 22.2 Å². The summed E-state index contributed by atoms with van der Waals surface area (Å²) in [6, 6.07) is 15.6. The maximum atomic E-state index is 14.5. The fourth-order valence-electron chi connectivity index (χ4n) is 5.08. The molecule has 1 heterocycles. The van der Waals surface area contributed by atoms with Gasteiger partial charge in [-0.3, -0.25) is 14.5 Å². The number of fused-ring (bicyclic) bond motifs is 1. The van der Waals surface area contributed by atoms with E-state index in [4.69, 9.17) is 9.47 Å². The minimum Gasteiger partial charge on any atom is -0.497 e. The zero-order chi connectivity index (χ0) is 29.2. The van der Waals surface area contributed by atoms with Crippen molar-refractivity contribution in [2.45, 2.75) is 59.7 Å². The quantitative estimate of drug-likeness (QED) is 0.334. The van der Waals surface area contributed by atoms with Gasteiger partial charge in [-0.1, -0.05) is 35.0 Å². The van der Waals surface area contributed by atoms with Gasteiger partial charge in [0.05, 0.1) is 25.4 Å². The van der Waals surface area contributed by atoms with Crippen LogP contribution >= 0.6 is 0 Å². The second-order valence-electron chi connectivity index (χ2n) is 11.0. The number of hydrogen-bond donors (Lipinski definition) is 1. The number of hydrogen-bond acceptors (Lipinski definition) is 6. The number of benzene rings is 3. The molecule has 0 saturated carbocycles. The molecule has 0 saturated heterocycles. The highest BCUT2D eigenvalue weighted by Crippen LogP contribution is 2.39. The molecule has 9 nitrogen and oxygen atoms in total. The highest BCUT2D eigenvalue weighted by Gasteiger charge is 2.38. The summed E-state index contributed by atoms with van der Waals surface area (Å²) in [6.07, 6.45) is 0. The van der Waals surface area contributed by atoms with Crippen LogP contribution in [0.1, 0.15) is 49.1 Å². The number of amides is 2. The van der Waals surface area contributed by atoms with Gasteiger partial charge in [-0.25, -0.2) is 4.68 Å². The molecule has 0 bridgehead atoms. The average Bonchev–Trinajstić information content (AvgIpc) is 3.29. The summed E-state index contributed by atoms with van der Waals surface area (Å²) in [6.45, 7) is 11.5. The van der Waals surface area contributed by atoms with E-state index >= 15 is 0 Å². The van der Waals surface area contributed by atoms with Gasteiger partial charge >= 0.3 is 0 Å². The number of rotatable bonds is 8. The van der Waals surface area contributed by atoms with E-state index in [0.29, 0.717) is 28.3 Å². The van der Waals surface area contributed by atoms with Gasteiger partial charge in [0.2, 0.25) is 11.8 Å². The van der Waals surface area contributed by atoms with E-state index in [-0.39, 0.29) is 18.4 Å². The van der Waals surface area contributed by atoms with E-state index in [1.165, 1.54) is 0 Å². The van der Waals surface area contributed by atoms with Crippen molar-refractivity contribution in [3.8, 4) is 11.5 Å². The lowest BCUT2D eigenvalue weighted by atomic mass is 9.96. The first kappa shape index (κ1) is 28.6. The third-order valence-electron chi connectivity index (χ3n) is 6.59. The van der Waals surface area contributed by atoms with E-state index in [1.807, 2.05) is 77.9 Å². The Bertz CT molecular complexity index is 1530. The summed E-state index contributed by atoms with van der Waals surface area (Å²) < 4.78 is 12.8. The van der Waals surface area contributed by atoms with E-state index in [1.54, 1.807) is 42.0 Å². The largest absolute Gasteiger partial charge is 0.497 e. The number of carbonyl (C=O) groups excluding carboxylic acids is 2. The highest BCUT2D eigenvalue weighted by atomic mass is 16.5. The Kier molecular flexibility index (Phi) is 8.13. The summed E-state index contributed by atoms with van der Waals surface area (Å²) in [5.74, 6) is 0.317. The van der Waals surface area contributed by atoms with Crippen molar-refractivity contribution >= 4 is 28.5 Å². The topological polar surface area (TPSA) is 98.6 Å². The average molecular weight is 544 g/mol. The number of carbonyl (C=O) groups is 2. The second kappa shape index (κ2) is 11.4. The van der Waals surface area contributed by atoms with E-state index < -0.39 is 11.6 Å². The summed E-state index contributed by atoms with van der Waals surface area (Å²) in [4.78, 5) is 30.3. The Morgan fingerprint density at radius 3 is 2.27 bits per heavy atom. The van der Waals surface area contributed by atoms with Gasteiger partial charge in [0.15, 0.2) is 0 Å². The van der Waals surface area contributed by atoms with Crippen molar-refractivity contribution in [2.24, 2.45) is 0 Å². The van der Waals surface area contributed by atoms with Crippen LogP contribution in [0.5, 0.6) is 11.5 Å². The predicted molar refractivity (Wildman–Crippen MR) is 156 cm³/mol. The molecular weight excluding hydrogens is 506 g/mol. The SMILES string of the molecule is COc1ccc(OC)c(C(C(=O)NC(C)(C)C)N(C(=O)Cn2nnc3ccccc32)c2c(C)cc(C)cc2C)c1. The van der Waals surface area contributed by atoms with Gasteiger partial charge < -0.3 is 14.8 Å². The van der Waals surface area contributed by atoms with Crippen molar-refractivity contribution in [2.75, 3.05) is 19.1 Å². The number of para-hydroxylation sites is 1. The van der Waals surface area contributed by atoms with Crippen molar-refractivity contribution in [3.05, 3.63) is 76.9 Å². The number of aromatic nitrogens is 3. The number of methoxy groups -OCH3 is 2. The summed E-state index contributed by atoms with van der Waals surface area (Å²) >= 11 is 0. The van der Waals surface area contributed by atoms with Crippen molar-refractivity contribution in [3.63, 3.8) is 0 Å². The first-order chi connectivity index (χ1) is 18.9. The Hall–Kier alpha value is -4.40. The third-order valence-corrected chi connectivity index (χ3v) is 6.59. The van der Waals surface area contributed by atoms with E-state index in [2.05, 4.69) is 15.6 Å². The Morgan fingerprint density at radius 1 is 0.975 bits per heavy atom. The van der Waals surface area contributed by atoms with Crippen LogP contribution in [0.15, 0.2) is 54.6 Å². The maximum absolute atomic E-state index is 14.5. The van der Waals surface area contributed by atoms with Crippen LogP contribution in [-0.2, 0) is 16.1 Å². The fourth-order valence-corrected chi connectivity index (χ4v) is 5.08. The molecule has 4 aromatic rings. The molecule has 2 amide bonds. The second-order valence-corrected chi connectivity index (χ2v) is 11.0. The van der Waals surface area contributed by atoms with Crippen LogP contribution in [0.4, 0.5) is 5.69 Å². The number of anilines is 1. The molecule has 0 aliphatic carbocycles. The molecule has 0 spiro atoms. The molecule has 0 fully saturated rings. The van der Waals surface area contributed by atoms with Crippen LogP contribution in [0.3, 0.4) is 0 Å². The molecule has 1 unspecified atom stereocenters. The molecule has 1 atom stereocenters. The minimum absolute atomic E-state index is 0.126. The molecule has 1 N–H and O–H groups in total. The standard InChI is InChI=1S/C31H37N5O4/c1-19-15-20(2)28(21(3)16-19)36(27(37)18-35-25-12-10-9-11-24(25)33-34-35)29(30(38)32-31(4,5)6)23-17-22(39-7)13-14-26(23)40-8/h9-17,29H,18H2,1-8H3,(H,32,38). The first-order valence-corrected chi connectivity index (χ1v) is 13.2. The maximum Gasteiger partial charge on any atom is 0.249 e. The van der Waals surface area contributed by atoms with Gasteiger partial charge in [0.1, 0.15) is 29.6 Å². The third kappa shape index (κ3) is 5.93. The lowest BCUT2D eigenvalue weighted by molar-refractivity contribution is -0.128. The smallest absolute Gasteiger partial charge is 0.249 e. The van der Waals surface area contributed by atoms with Gasteiger partial charge in [-0.05, 0) is 83.0 Å². The zero-order valence-corrected chi connectivity index (χ0v) is 24.4. The van der Waals surface area contributed by atoms with Gasteiger partial charge in [0.25, 0.3) is 0 Å². The highest BCUT2D eigenvalue weighted by molar-refractivity contribution is 6.03. The molecule has 3 aromatic carbocycles. The lowest BCUT2D eigenvalue weighted by Gasteiger charge is -2.36. The molecule has 0 aliphatic rings. The Labute approximate surface area is 235 Å². The molecule has 1 aromatic heterocycles. The van der Waals surface area contributed by atoms with Gasteiger partial charge in [0, 0.05) is 11.1 Å². The number of nitrogens with zero attached hydrogens (tertiary/aromatic N) is 4. The normalized spacial score (nSPS) is 12.2. The molecule has 0 radical (unpaired) electrons. The number of aryl methyl sites for hydroxylation is 3. The first-order valence-electron chi connectivity index (χ1n) is 13.2. The van der Waals surface area contributed by atoms with Crippen molar-refractivity contribution in [1.29, 1.82) is 0 Å². The van der Waals surface area contributed by atoms with Crippen molar-refractivity contribution < 1.29 is 19.1 Å². The number of nitrogens with one attached hydrogen (secondary N) is 1. The Balaban J connectivity index is 1.97. The Morgan fingerprint density at radius 2 is 1.65 bits per heavy atom. The zero-order valence-electron chi connectivity index (χ0n) is 24.4. The van der Waals surface area contributed by atoms with Crippen LogP contribution in [0, 0.1) is 20.8 Å². The lowest BCUT2D eigenvalue weighted by Crippen LogP contribution is -2.50. The summed E-state index contributed by atoms with van der Waals surface area (Å²) in [5.41, 5.74) is 4.79. The van der Waals surface area contributed by atoms with E-state index in [9.17, 15) is 9.59 Å². The van der Waals surface area contributed by atoms with Gasteiger partial charge in [-0.15, -0.1) is 5.10 Å². The summed E-state index contributed by atoms with van der Waals surface area (Å²) in [5, 5.41) is 11.5. The molecule has 4 rings (SSSR count). The molecular formula is C31H37N5O4.